The molecular formula is C20H21N3O3. The summed E-state index contributed by atoms with van der Waals surface area (Å²) in [5.41, 5.74) is 9.61. The van der Waals surface area contributed by atoms with E-state index in [9.17, 15) is 15.0 Å². The Hall–Kier alpha value is -2.99. The number of carbonyl (C=O) groups is 1. The lowest BCUT2D eigenvalue weighted by atomic mass is 9.96. The predicted octanol–water partition coefficient (Wildman–Crippen LogP) is 2.70. The Labute approximate surface area is 151 Å². The molecule has 5 N–H and O–H groups in total. The van der Waals surface area contributed by atoms with Crippen LogP contribution in [0.25, 0.3) is 16.7 Å². The molecule has 2 aliphatic heterocycles. The molecule has 2 heterocycles. The van der Waals surface area contributed by atoms with Gasteiger partial charge in [0.25, 0.3) is 5.91 Å². The third-order valence-electron chi connectivity index (χ3n) is 5.08. The van der Waals surface area contributed by atoms with Crippen LogP contribution in [0.4, 0.5) is 11.4 Å². The van der Waals surface area contributed by atoms with Gasteiger partial charge in [0.2, 0.25) is 0 Å². The summed E-state index contributed by atoms with van der Waals surface area (Å²) >= 11 is 0. The minimum atomic E-state index is -0.362. The van der Waals surface area contributed by atoms with Crippen LogP contribution in [0.1, 0.15) is 12.5 Å². The van der Waals surface area contributed by atoms with E-state index < -0.39 is 0 Å². The molecule has 2 aromatic rings. The van der Waals surface area contributed by atoms with Crippen molar-refractivity contribution in [2.45, 2.75) is 6.92 Å². The maximum absolute atomic E-state index is 12.0. The van der Waals surface area contributed by atoms with Gasteiger partial charge in [-0.2, -0.15) is 0 Å². The first kappa shape index (κ1) is 16.5. The highest BCUT2D eigenvalue weighted by Crippen LogP contribution is 2.41. The molecular weight excluding hydrogens is 330 g/mol. The van der Waals surface area contributed by atoms with E-state index in [1.807, 2.05) is 24.3 Å². The zero-order valence-corrected chi connectivity index (χ0v) is 14.5. The summed E-state index contributed by atoms with van der Waals surface area (Å²) in [4.78, 5) is 14.3. The number of anilines is 2. The summed E-state index contributed by atoms with van der Waals surface area (Å²) in [6.45, 7) is 4.13. The fraction of sp³-hybridized carbons (Fsp3) is 0.250. The van der Waals surface area contributed by atoms with Gasteiger partial charge in [0.05, 0.1) is 11.3 Å². The number of phenols is 1. The zero-order chi connectivity index (χ0) is 18.4. The van der Waals surface area contributed by atoms with Gasteiger partial charge in [0.1, 0.15) is 11.5 Å². The van der Waals surface area contributed by atoms with E-state index in [1.165, 1.54) is 13.0 Å². The summed E-state index contributed by atoms with van der Waals surface area (Å²) in [5.74, 6) is 0.243. The standard InChI is InChI=1S/C20H21N3O3/c1-11(24)19-16-6-15(18(25)7-17(16)22-20(19)26)13-2-4-14(5-3-13)23-9-12(8-21)10-23/h2-7,12,24-25H,8-10,21H2,1H3,(H,22,26)/b19-11+. The number of nitrogens with one attached hydrogen (secondary N) is 1. The van der Waals surface area contributed by atoms with Gasteiger partial charge >= 0.3 is 0 Å². The summed E-state index contributed by atoms with van der Waals surface area (Å²) in [7, 11) is 0. The SMILES string of the molecule is C/C(O)=C1\C(=O)Nc2cc(O)c(-c3ccc(N4CC(CN)C4)cc3)cc21. The number of nitrogens with two attached hydrogens (primary N) is 1. The average molecular weight is 351 g/mol. The number of allylic oxidation sites excluding steroid dienone is 1. The molecule has 2 aliphatic rings. The van der Waals surface area contributed by atoms with Crippen molar-refractivity contribution in [3.8, 4) is 16.9 Å². The van der Waals surface area contributed by atoms with Crippen LogP contribution >= 0.6 is 0 Å². The maximum Gasteiger partial charge on any atom is 0.259 e. The van der Waals surface area contributed by atoms with Gasteiger partial charge in [-0.05, 0) is 37.2 Å². The number of rotatable bonds is 3. The predicted molar refractivity (Wildman–Crippen MR) is 102 cm³/mol. The number of nitrogens with zero attached hydrogens (tertiary/aromatic N) is 1. The van der Waals surface area contributed by atoms with Crippen LogP contribution in [0.5, 0.6) is 5.75 Å². The van der Waals surface area contributed by atoms with Gasteiger partial charge in [-0.1, -0.05) is 12.1 Å². The van der Waals surface area contributed by atoms with Crippen LogP contribution in [0, 0.1) is 5.92 Å². The van der Waals surface area contributed by atoms with Crippen LogP contribution in [0.3, 0.4) is 0 Å². The van der Waals surface area contributed by atoms with E-state index >= 15 is 0 Å². The van der Waals surface area contributed by atoms with Crippen LogP contribution in [-0.4, -0.2) is 35.8 Å². The molecule has 6 heteroatoms. The van der Waals surface area contributed by atoms with E-state index in [0.29, 0.717) is 29.3 Å². The van der Waals surface area contributed by atoms with Crippen molar-refractivity contribution in [3.05, 3.63) is 47.7 Å². The molecule has 0 aromatic heterocycles. The number of hydrogen-bond donors (Lipinski definition) is 4. The molecule has 0 atom stereocenters. The zero-order valence-electron chi connectivity index (χ0n) is 14.5. The fourth-order valence-corrected chi connectivity index (χ4v) is 3.58. The summed E-state index contributed by atoms with van der Waals surface area (Å²) in [6, 6.07) is 11.2. The number of aliphatic hydroxyl groups excluding tert-OH is 1. The summed E-state index contributed by atoms with van der Waals surface area (Å²) < 4.78 is 0. The molecule has 0 bridgehead atoms. The number of phenolic OH excluding ortho intramolecular Hbond substituents is 1. The van der Waals surface area contributed by atoms with Crippen molar-refractivity contribution >= 4 is 22.9 Å². The van der Waals surface area contributed by atoms with Crippen molar-refractivity contribution in [1.29, 1.82) is 0 Å². The molecule has 4 rings (SSSR count). The van der Waals surface area contributed by atoms with Crippen molar-refractivity contribution < 1.29 is 15.0 Å². The molecule has 0 spiro atoms. The van der Waals surface area contributed by atoms with Crippen LogP contribution in [0.15, 0.2) is 42.2 Å². The van der Waals surface area contributed by atoms with Crippen LogP contribution in [0.2, 0.25) is 0 Å². The highest BCUT2D eigenvalue weighted by molar-refractivity contribution is 6.32. The van der Waals surface area contributed by atoms with E-state index in [1.54, 1.807) is 6.07 Å². The smallest absolute Gasteiger partial charge is 0.259 e. The first-order chi connectivity index (χ1) is 12.5. The van der Waals surface area contributed by atoms with Gasteiger partial charge in [0, 0.05) is 41.9 Å². The lowest BCUT2D eigenvalue weighted by Gasteiger charge is -2.40. The Kier molecular flexibility index (Phi) is 3.85. The molecule has 0 saturated carbocycles. The first-order valence-electron chi connectivity index (χ1n) is 8.62. The Morgan fingerprint density at radius 3 is 2.54 bits per heavy atom. The Bertz CT molecular complexity index is 909. The number of benzene rings is 2. The van der Waals surface area contributed by atoms with E-state index in [2.05, 4.69) is 10.2 Å². The lowest BCUT2D eigenvalue weighted by molar-refractivity contribution is -0.110. The Morgan fingerprint density at radius 1 is 1.23 bits per heavy atom. The number of carbonyl (C=O) groups excluding carboxylic acids is 1. The van der Waals surface area contributed by atoms with E-state index in [-0.39, 0.29) is 23.0 Å². The van der Waals surface area contributed by atoms with E-state index in [0.717, 1.165) is 24.3 Å². The van der Waals surface area contributed by atoms with Gasteiger partial charge in [-0.3, -0.25) is 4.79 Å². The largest absolute Gasteiger partial charge is 0.512 e. The van der Waals surface area contributed by atoms with Crippen molar-refractivity contribution in [3.63, 3.8) is 0 Å². The topological polar surface area (TPSA) is 98.8 Å². The highest BCUT2D eigenvalue weighted by atomic mass is 16.3. The molecule has 1 amide bonds. The van der Waals surface area contributed by atoms with Crippen molar-refractivity contribution in [2.75, 3.05) is 29.9 Å². The quantitative estimate of drug-likeness (QED) is 0.503. The second kappa shape index (κ2) is 6.07. The molecule has 0 radical (unpaired) electrons. The monoisotopic (exact) mass is 351 g/mol. The molecule has 1 fully saturated rings. The van der Waals surface area contributed by atoms with Crippen LogP contribution in [-0.2, 0) is 4.79 Å². The molecule has 134 valence electrons. The van der Waals surface area contributed by atoms with Gasteiger partial charge < -0.3 is 26.2 Å². The molecule has 0 unspecified atom stereocenters. The van der Waals surface area contributed by atoms with Crippen molar-refractivity contribution in [1.82, 2.24) is 0 Å². The minimum Gasteiger partial charge on any atom is -0.512 e. The number of aromatic hydroxyl groups is 1. The fourth-order valence-electron chi connectivity index (χ4n) is 3.58. The third-order valence-corrected chi connectivity index (χ3v) is 5.08. The summed E-state index contributed by atoms with van der Waals surface area (Å²) in [6.07, 6.45) is 0. The number of aliphatic hydroxyl groups is 1. The van der Waals surface area contributed by atoms with Gasteiger partial charge in [-0.25, -0.2) is 0 Å². The normalized spacial score (nSPS) is 18.4. The highest BCUT2D eigenvalue weighted by Gasteiger charge is 2.29. The Morgan fingerprint density at radius 2 is 1.92 bits per heavy atom. The average Bonchev–Trinajstić information content (AvgIpc) is 2.88. The molecule has 1 saturated heterocycles. The van der Waals surface area contributed by atoms with Crippen molar-refractivity contribution in [2.24, 2.45) is 11.7 Å². The Balaban J connectivity index is 1.67. The maximum atomic E-state index is 12.0. The molecule has 0 aliphatic carbocycles. The number of fused-ring (bicyclic) bond motifs is 1. The minimum absolute atomic E-state index is 0.0412. The second-order valence-corrected chi connectivity index (χ2v) is 6.88. The summed E-state index contributed by atoms with van der Waals surface area (Å²) in [5, 5.41) is 22.9. The first-order valence-corrected chi connectivity index (χ1v) is 8.62. The molecule has 26 heavy (non-hydrogen) atoms. The number of amides is 1. The third kappa shape index (κ3) is 2.59. The van der Waals surface area contributed by atoms with Gasteiger partial charge in [-0.15, -0.1) is 0 Å². The lowest BCUT2D eigenvalue weighted by Crippen LogP contribution is -2.49. The molecule has 2 aromatic carbocycles. The molecule has 6 nitrogen and oxygen atoms in total. The van der Waals surface area contributed by atoms with Crippen LogP contribution < -0.4 is 16.0 Å². The van der Waals surface area contributed by atoms with E-state index in [4.69, 9.17) is 5.73 Å². The second-order valence-electron chi connectivity index (χ2n) is 6.88. The number of hydrogen-bond acceptors (Lipinski definition) is 5. The van der Waals surface area contributed by atoms with Gasteiger partial charge in [0.15, 0.2) is 0 Å².